The highest BCUT2D eigenvalue weighted by molar-refractivity contribution is 4.93. The molecular weight excluding hydrogens is 226 g/mol. The number of nitrogens with one attached hydrogen (secondary N) is 1. The van der Waals surface area contributed by atoms with Crippen molar-refractivity contribution in [1.29, 1.82) is 0 Å². The summed E-state index contributed by atoms with van der Waals surface area (Å²) in [5.41, 5.74) is -0.504. The third kappa shape index (κ3) is 3.33. The summed E-state index contributed by atoms with van der Waals surface area (Å²) in [5, 5.41) is 13.8. The van der Waals surface area contributed by atoms with Crippen molar-refractivity contribution in [3.05, 3.63) is 18.2 Å². The van der Waals surface area contributed by atoms with Crippen molar-refractivity contribution in [2.75, 3.05) is 6.54 Å². The summed E-state index contributed by atoms with van der Waals surface area (Å²) < 4.78 is 2.12. The molecule has 0 amide bonds. The molecule has 1 heterocycles. The van der Waals surface area contributed by atoms with E-state index in [0.717, 1.165) is 50.5 Å². The van der Waals surface area contributed by atoms with Crippen LogP contribution in [0.1, 0.15) is 45.4 Å². The Morgan fingerprint density at radius 1 is 1.50 bits per heavy atom. The van der Waals surface area contributed by atoms with Gasteiger partial charge in [-0.05, 0) is 38.5 Å². The minimum atomic E-state index is -0.504. The number of aromatic nitrogens is 2. The molecule has 2 rings (SSSR count). The van der Waals surface area contributed by atoms with Gasteiger partial charge < -0.3 is 15.0 Å². The van der Waals surface area contributed by atoms with E-state index in [1.807, 2.05) is 12.4 Å². The quantitative estimate of drug-likeness (QED) is 0.841. The Morgan fingerprint density at radius 2 is 2.22 bits per heavy atom. The maximum absolute atomic E-state index is 10.5. The molecule has 4 heteroatoms. The number of aryl methyl sites for hydroxylation is 1. The molecule has 0 unspecified atom stereocenters. The summed E-state index contributed by atoms with van der Waals surface area (Å²) in [7, 11) is 0. The molecule has 0 aromatic carbocycles. The van der Waals surface area contributed by atoms with Crippen LogP contribution in [0.15, 0.2) is 12.4 Å². The lowest BCUT2D eigenvalue weighted by molar-refractivity contribution is -0.00645. The van der Waals surface area contributed by atoms with E-state index in [9.17, 15) is 5.11 Å². The zero-order valence-electron chi connectivity index (χ0n) is 11.5. The highest BCUT2D eigenvalue weighted by Crippen LogP contribution is 2.31. The number of aliphatic hydroxyl groups is 1. The highest BCUT2D eigenvalue weighted by atomic mass is 16.3. The van der Waals surface area contributed by atoms with E-state index < -0.39 is 5.60 Å². The number of nitrogens with zero attached hydrogens (tertiary/aromatic N) is 2. The summed E-state index contributed by atoms with van der Waals surface area (Å²) in [6.45, 7) is 6.74. The lowest BCUT2D eigenvalue weighted by atomic mass is 9.79. The van der Waals surface area contributed by atoms with Gasteiger partial charge in [0.15, 0.2) is 0 Å². The molecular formula is C14H25N3O. The third-order valence-corrected chi connectivity index (χ3v) is 4.08. The Hall–Kier alpha value is -0.870. The molecule has 1 saturated carbocycles. The van der Waals surface area contributed by atoms with Crippen molar-refractivity contribution < 1.29 is 5.11 Å². The molecule has 2 N–H and O–H groups in total. The molecule has 0 spiro atoms. The molecule has 1 fully saturated rings. The van der Waals surface area contributed by atoms with E-state index >= 15 is 0 Å². The van der Waals surface area contributed by atoms with Crippen LogP contribution in [0.5, 0.6) is 0 Å². The van der Waals surface area contributed by atoms with Crippen LogP contribution >= 0.6 is 0 Å². The predicted molar refractivity (Wildman–Crippen MR) is 72.2 cm³/mol. The van der Waals surface area contributed by atoms with Crippen LogP contribution in [-0.4, -0.2) is 26.8 Å². The fraction of sp³-hybridized carbons (Fsp3) is 0.786. The number of imidazole rings is 1. The zero-order chi connectivity index (χ0) is 13.0. The molecule has 0 bridgehead atoms. The first-order valence-corrected chi connectivity index (χ1v) is 7.06. The standard InChI is InChI=1S/C14H25N3O/c1-3-17-9-8-16-13(17)10-15-11-14(18)6-4-12(2)5-7-14/h8-9,12,15,18H,3-7,10-11H2,1-2H3. The van der Waals surface area contributed by atoms with Gasteiger partial charge in [-0.2, -0.15) is 0 Å². The lowest BCUT2D eigenvalue weighted by Gasteiger charge is -2.35. The van der Waals surface area contributed by atoms with Gasteiger partial charge in [-0.25, -0.2) is 4.98 Å². The van der Waals surface area contributed by atoms with Crippen molar-refractivity contribution in [3.63, 3.8) is 0 Å². The van der Waals surface area contributed by atoms with Gasteiger partial charge in [0, 0.05) is 25.5 Å². The number of hydrogen-bond donors (Lipinski definition) is 2. The minimum absolute atomic E-state index is 0.504. The van der Waals surface area contributed by atoms with Gasteiger partial charge in [-0.3, -0.25) is 0 Å². The first kappa shape index (κ1) is 13.6. The van der Waals surface area contributed by atoms with Gasteiger partial charge in [0.25, 0.3) is 0 Å². The van der Waals surface area contributed by atoms with E-state index in [1.54, 1.807) is 0 Å². The van der Waals surface area contributed by atoms with Crippen LogP contribution in [0, 0.1) is 5.92 Å². The molecule has 1 aliphatic carbocycles. The number of hydrogen-bond acceptors (Lipinski definition) is 3. The maximum Gasteiger partial charge on any atom is 0.122 e. The summed E-state index contributed by atoms with van der Waals surface area (Å²) in [4.78, 5) is 4.32. The van der Waals surface area contributed by atoms with E-state index in [4.69, 9.17) is 0 Å². The van der Waals surface area contributed by atoms with Crippen LogP contribution in [0.4, 0.5) is 0 Å². The average Bonchev–Trinajstić information content (AvgIpc) is 2.81. The Balaban J connectivity index is 1.78. The Kier molecular flexibility index (Phi) is 4.40. The Morgan fingerprint density at radius 3 is 2.89 bits per heavy atom. The SMILES string of the molecule is CCn1ccnc1CNCC1(O)CCC(C)CC1. The van der Waals surface area contributed by atoms with Gasteiger partial charge in [0.1, 0.15) is 5.82 Å². The lowest BCUT2D eigenvalue weighted by Crippen LogP contribution is -2.43. The van der Waals surface area contributed by atoms with Gasteiger partial charge in [-0.15, -0.1) is 0 Å². The van der Waals surface area contributed by atoms with Gasteiger partial charge in [0.2, 0.25) is 0 Å². The third-order valence-electron chi connectivity index (χ3n) is 4.08. The molecule has 1 aromatic rings. The Bertz CT molecular complexity index is 367. The summed E-state index contributed by atoms with van der Waals surface area (Å²) in [6, 6.07) is 0. The second-order valence-corrected chi connectivity index (χ2v) is 5.64. The van der Waals surface area contributed by atoms with Crippen LogP contribution in [0.2, 0.25) is 0 Å². The van der Waals surface area contributed by atoms with Crippen molar-refractivity contribution in [3.8, 4) is 0 Å². The van der Waals surface area contributed by atoms with Crippen molar-refractivity contribution in [2.24, 2.45) is 5.92 Å². The van der Waals surface area contributed by atoms with E-state index in [-0.39, 0.29) is 0 Å². The van der Waals surface area contributed by atoms with Gasteiger partial charge >= 0.3 is 0 Å². The van der Waals surface area contributed by atoms with Gasteiger partial charge in [-0.1, -0.05) is 6.92 Å². The molecule has 1 aromatic heterocycles. The van der Waals surface area contributed by atoms with Crippen LogP contribution < -0.4 is 5.32 Å². The Labute approximate surface area is 109 Å². The predicted octanol–water partition coefficient (Wildman–Crippen LogP) is 1.93. The van der Waals surface area contributed by atoms with Crippen LogP contribution in [0.25, 0.3) is 0 Å². The van der Waals surface area contributed by atoms with E-state index in [1.165, 1.54) is 0 Å². The molecule has 18 heavy (non-hydrogen) atoms. The summed E-state index contributed by atoms with van der Waals surface area (Å²) in [5.74, 6) is 1.81. The van der Waals surface area contributed by atoms with E-state index in [2.05, 4.69) is 28.7 Å². The fourth-order valence-electron chi connectivity index (χ4n) is 2.68. The summed E-state index contributed by atoms with van der Waals surface area (Å²) >= 11 is 0. The molecule has 102 valence electrons. The largest absolute Gasteiger partial charge is 0.389 e. The first-order chi connectivity index (χ1) is 8.63. The molecule has 0 aliphatic heterocycles. The number of rotatable bonds is 5. The highest BCUT2D eigenvalue weighted by Gasteiger charge is 2.31. The first-order valence-electron chi connectivity index (χ1n) is 7.06. The topological polar surface area (TPSA) is 50.1 Å². The molecule has 0 radical (unpaired) electrons. The second kappa shape index (κ2) is 5.85. The maximum atomic E-state index is 10.5. The minimum Gasteiger partial charge on any atom is -0.389 e. The van der Waals surface area contributed by atoms with Gasteiger partial charge in [0.05, 0.1) is 12.1 Å². The normalized spacial score (nSPS) is 28.5. The van der Waals surface area contributed by atoms with Crippen LogP contribution in [0.3, 0.4) is 0 Å². The van der Waals surface area contributed by atoms with Crippen molar-refractivity contribution >= 4 is 0 Å². The molecule has 0 saturated heterocycles. The van der Waals surface area contributed by atoms with Crippen molar-refractivity contribution in [2.45, 2.75) is 58.2 Å². The van der Waals surface area contributed by atoms with Crippen molar-refractivity contribution in [1.82, 2.24) is 14.9 Å². The van der Waals surface area contributed by atoms with Crippen LogP contribution in [-0.2, 0) is 13.1 Å². The molecule has 4 nitrogen and oxygen atoms in total. The molecule has 0 atom stereocenters. The van der Waals surface area contributed by atoms with E-state index in [0.29, 0.717) is 6.54 Å². The zero-order valence-corrected chi connectivity index (χ0v) is 11.5. The molecule has 1 aliphatic rings. The average molecular weight is 251 g/mol. The summed E-state index contributed by atoms with van der Waals surface area (Å²) in [6.07, 6.45) is 7.95. The second-order valence-electron chi connectivity index (χ2n) is 5.64. The smallest absolute Gasteiger partial charge is 0.122 e. The monoisotopic (exact) mass is 251 g/mol. The fourth-order valence-corrected chi connectivity index (χ4v) is 2.68.